The van der Waals surface area contributed by atoms with Gasteiger partial charge in [-0.1, -0.05) is 25.1 Å². The molecule has 2 atom stereocenters. The largest absolute Gasteiger partial charge is 0.374 e. The fourth-order valence-electron chi connectivity index (χ4n) is 4.25. The number of anilines is 1. The van der Waals surface area contributed by atoms with Gasteiger partial charge in [-0.3, -0.25) is 9.59 Å². The molecule has 2 aliphatic heterocycles. The van der Waals surface area contributed by atoms with Crippen molar-refractivity contribution in [2.75, 3.05) is 38.1 Å². The van der Waals surface area contributed by atoms with Crippen LogP contribution in [-0.4, -0.2) is 54.8 Å². The summed E-state index contributed by atoms with van der Waals surface area (Å²) in [6.07, 6.45) is 1.10. The molecule has 6 heteroatoms. The number of nitriles is 1. The van der Waals surface area contributed by atoms with Crippen LogP contribution in [0.3, 0.4) is 0 Å². The summed E-state index contributed by atoms with van der Waals surface area (Å²) < 4.78 is 0. The number of carbonyl (C=O) groups is 2. The van der Waals surface area contributed by atoms with E-state index in [0.29, 0.717) is 38.9 Å². The number of hydrogen-bond acceptors (Lipinski definition) is 4. The van der Waals surface area contributed by atoms with Crippen LogP contribution in [0.4, 0.5) is 5.69 Å². The maximum absolute atomic E-state index is 12.7. The van der Waals surface area contributed by atoms with Crippen LogP contribution < -0.4 is 4.90 Å². The van der Waals surface area contributed by atoms with Gasteiger partial charge in [0, 0.05) is 57.7 Å². The number of amides is 2. The molecular weight excluding hydrogens is 328 g/mol. The summed E-state index contributed by atoms with van der Waals surface area (Å²) in [5.74, 6) is 0.264. The van der Waals surface area contributed by atoms with Crippen molar-refractivity contribution in [3.05, 3.63) is 29.8 Å². The smallest absolute Gasteiger partial charge is 0.224 e. The Kier molecular flexibility index (Phi) is 5.46. The van der Waals surface area contributed by atoms with Crippen molar-refractivity contribution in [1.29, 1.82) is 5.26 Å². The van der Waals surface area contributed by atoms with Gasteiger partial charge in [0.15, 0.2) is 0 Å². The Bertz CT molecular complexity index is 727. The summed E-state index contributed by atoms with van der Waals surface area (Å²) in [4.78, 5) is 31.2. The lowest BCUT2D eigenvalue weighted by Gasteiger charge is -2.47. The first-order chi connectivity index (χ1) is 12.6. The average Bonchev–Trinajstić information content (AvgIpc) is 2.65. The predicted octanol–water partition coefficient (Wildman–Crippen LogP) is 2.18. The van der Waals surface area contributed by atoms with Crippen molar-refractivity contribution in [2.24, 2.45) is 5.92 Å². The molecule has 0 bridgehead atoms. The zero-order valence-corrected chi connectivity index (χ0v) is 15.5. The van der Waals surface area contributed by atoms with Crippen molar-refractivity contribution in [2.45, 2.75) is 32.2 Å². The summed E-state index contributed by atoms with van der Waals surface area (Å²) in [6, 6.07) is 10.3. The second kappa shape index (κ2) is 7.77. The first-order valence-electron chi connectivity index (χ1n) is 9.31. The second-order valence-corrected chi connectivity index (χ2v) is 7.08. The molecule has 1 aromatic carbocycles. The highest BCUT2D eigenvalue weighted by molar-refractivity contribution is 5.80. The van der Waals surface area contributed by atoms with Crippen LogP contribution in [0, 0.1) is 17.2 Å². The van der Waals surface area contributed by atoms with Crippen LogP contribution in [0.2, 0.25) is 0 Å². The lowest BCUT2D eigenvalue weighted by Crippen LogP contribution is -2.53. The number of para-hydroxylation sites is 1. The molecule has 2 heterocycles. The minimum Gasteiger partial charge on any atom is -0.374 e. The number of fused-ring (bicyclic) bond motifs is 3. The van der Waals surface area contributed by atoms with E-state index in [0.717, 1.165) is 17.8 Å². The summed E-state index contributed by atoms with van der Waals surface area (Å²) >= 11 is 0. The standard InChI is InChI=1S/C20H26N4O2/c1-3-18(25)24-12-9-19(26)23(11-6-10-21)14-15-13-22(2)17-8-5-4-7-16(17)20(15)24/h4-5,7-8,15,20H,3,6,9,11-14H2,1-2H3/t15-,20-/m1/s1. The van der Waals surface area contributed by atoms with Crippen molar-refractivity contribution in [3.8, 4) is 6.07 Å². The molecule has 1 fully saturated rings. The lowest BCUT2D eigenvalue weighted by molar-refractivity contribution is -0.140. The van der Waals surface area contributed by atoms with E-state index in [2.05, 4.69) is 30.1 Å². The van der Waals surface area contributed by atoms with Gasteiger partial charge in [-0.25, -0.2) is 0 Å². The molecule has 0 N–H and O–H groups in total. The van der Waals surface area contributed by atoms with Gasteiger partial charge < -0.3 is 14.7 Å². The van der Waals surface area contributed by atoms with E-state index in [1.54, 1.807) is 0 Å². The van der Waals surface area contributed by atoms with Crippen LogP contribution in [0.25, 0.3) is 0 Å². The summed E-state index contributed by atoms with van der Waals surface area (Å²) in [7, 11) is 2.06. The molecule has 3 rings (SSSR count). The molecule has 0 aromatic heterocycles. The number of carbonyl (C=O) groups excluding carboxylic acids is 2. The Morgan fingerprint density at radius 3 is 2.81 bits per heavy atom. The van der Waals surface area contributed by atoms with Gasteiger partial charge in [0.2, 0.25) is 11.8 Å². The predicted molar refractivity (Wildman–Crippen MR) is 99.4 cm³/mol. The van der Waals surface area contributed by atoms with Gasteiger partial charge in [0.25, 0.3) is 0 Å². The van der Waals surface area contributed by atoms with Crippen molar-refractivity contribution < 1.29 is 9.59 Å². The molecule has 138 valence electrons. The summed E-state index contributed by atoms with van der Waals surface area (Å²) in [5.41, 5.74) is 2.31. The zero-order chi connectivity index (χ0) is 18.7. The van der Waals surface area contributed by atoms with Crippen molar-refractivity contribution in [1.82, 2.24) is 9.80 Å². The number of hydrogen-bond donors (Lipinski definition) is 0. The summed E-state index contributed by atoms with van der Waals surface area (Å²) in [6.45, 7) is 4.14. The van der Waals surface area contributed by atoms with E-state index in [-0.39, 0.29) is 23.8 Å². The Morgan fingerprint density at radius 1 is 1.31 bits per heavy atom. The van der Waals surface area contributed by atoms with E-state index >= 15 is 0 Å². The van der Waals surface area contributed by atoms with Gasteiger partial charge in [-0.2, -0.15) is 5.26 Å². The quantitative estimate of drug-likeness (QED) is 0.834. The molecule has 1 saturated heterocycles. The van der Waals surface area contributed by atoms with Crippen LogP contribution in [0.5, 0.6) is 0 Å². The molecule has 0 radical (unpaired) electrons. The first kappa shape index (κ1) is 18.2. The molecule has 0 unspecified atom stereocenters. The molecule has 2 aliphatic rings. The lowest BCUT2D eigenvalue weighted by atomic mass is 9.84. The SMILES string of the molecule is CCC(=O)N1CCC(=O)N(CCC#N)C[C@H]2CN(C)c3ccccc3[C@@H]21. The molecule has 0 spiro atoms. The molecule has 1 aromatic rings. The molecule has 2 amide bonds. The van der Waals surface area contributed by atoms with Crippen LogP contribution in [0.1, 0.15) is 37.8 Å². The Hall–Kier alpha value is -2.55. The highest BCUT2D eigenvalue weighted by Crippen LogP contribution is 2.41. The van der Waals surface area contributed by atoms with E-state index in [1.807, 2.05) is 28.9 Å². The Morgan fingerprint density at radius 2 is 2.08 bits per heavy atom. The van der Waals surface area contributed by atoms with Gasteiger partial charge in [0.05, 0.1) is 18.5 Å². The van der Waals surface area contributed by atoms with E-state index in [1.165, 1.54) is 0 Å². The molecular formula is C20H26N4O2. The molecule has 0 saturated carbocycles. The first-order valence-corrected chi connectivity index (χ1v) is 9.31. The monoisotopic (exact) mass is 354 g/mol. The number of nitrogens with zero attached hydrogens (tertiary/aromatic N) is 4. The van der Waals surface area contributed by atoms with E-state index in [9.17, 15) is 9.59 Å². The minimum absolute atomic E-state index is 0.0208. The normalized spacial score (nSPS) is 22.8. The van der Waals surface area contributed by atoms with Gasteiger partial charge >= 0.3 is 0 Å². The third-order valence-electron chi connectivity index (χ3n) is 5.45. The zero-order valence-electron chi connectivity index (χ0n) is 15.5. The number of benzene rings is 1. The summed E-state index contributed by atoms with van der Waals surface area (Å²) in [5, 5.41) is 8.91. The van der Waals surface area contributed by atoms with Crippen molar-refractivity contribution >= 4 is 17.5 Å². The topological polar surface area (TPSA) is 67.6 Å². The van der Waals surface area contributed by atoms with E-state index < -0.39 is 0 Å². The van der Waals surface area contributed by atoms with Crippen molar-refractivity contribution in [3.63, 3.8) is 0 Å². The van der Waals surface area contributed by atoms with E-state index in [4.69, 9.17) is 5.26 Å². The Labute approximate surface area is 155 Å². The highest BCUT2D eigenvalue weighted by atomic mass is 16.2. The average molecular weight is 354 g/mol. The van der Waals surface area contributed by atoms with Crippen LogP contribution in [0.15, 0.2) is 24.3 Å². The maximum atomic E-state index is 12.7. The van der Waals surface area contributed by atoms with Gasteiger partial charge in [-0.15, -0.1) is 0 Å². The number of rotatable bonds is 3. The van der Waals surface area contributed by atoms with Gasteiger partial charge in [0.1, 0.15) is 0 Å². The minimum atomic E-state index is -0.0208. The fraction of sp³-hybridized carbons (Fsp3) is 0.550. The second-order valence-electron chi connectivity index (χ2n) is 7.08. The van der Waals surface area contributed by atoms with Gasteiger partial charge in [-0.05, 0) is 11.6 Å². The molecule has 26 heavy (non-hydrogen) atoms. The van der Waals surface area contributed by atoms with Crippen LogP contribution in [-0.2, 0) is 9.59 Å². The fourth-order valence-corrected chi connectivity index (χ4v) is 4.25. The molecule has 6 nitrogen and oxygen atoms in total. The third kappa shape index (κ3) is 3.39. The third-order valence-corrected chi connectivity index (χ3v) is 5.45. The maximum Gasteiger partial charge on any atom is 0.224 e. The highest BCUT2D eigenvalue weighted by Gasteiger charge is 2.40. The Balaban J connectivity index is 2.00. The molecule has 0 aliphatic carbocycles. The van der Waals surface area contributed by atoms with Crippen LogP contribution >= 0.6 is 0 Å².